The van der Waals surface area contributed by atoms with E-state index in [1.807, 2.05) is 78.9 Å². The summed E-state index contributed by atoms with van der Waals surface area (Å²) in [4.78, 5) is 21.9. The third-order valence-corrected chi connectivity index (χ3v) is 7.63. The van der Waals surface area contributed by atoms with Crippen molar-refractivity contribution in [3.05, 3.63) is 102 Å². The molecule has 1 saturated carbocycles. The summed E-state index contributed by atoms with van der Waals surface area (Å²) in [5.74, 6) is 0.113. The van der Waals surface area contributed by atoms with Gasteiger partial charge in [0.05, 0.1) is 39.8 Å². The van der Waals surface area contributed by atoms with Crippen LogP contribution in [0, 0.1) is 17.2 Å². The average Bonchev–Trinajstić information content (AvgIpc) is 3.33. The van der Waals surface area contributed by atoms with Crippen molar-refractivity contribution < 1.29 is 14.6 Å². The molecule has 7 nitrogen and oxygen atoms in total. The second-order valence-electron chi connectivity index (χ2n) is 10.1. The van der Waals surface area contributed by atoms with Crippen molar-refractivity contribution in [3.8, 4) is 11.8 Å². The van der Waals surface area contributed by atoms with E-state index >= 15 is 0 Å². The summed E-state index contributed by atoms with van der Waals surface area (Å²) in [6, 6.07) is 27.5. The van der Waals surface area contributed by atoms with Crippen LogP contribution in [0.5, 0.6) is 5.75 Å². The van der Waals surface area contributed by atoms with Crippen LogP contribution in [0.3, 0.4) is 0 Å². The number of carboxylic acid groups (broad SMARTS) is 1. The molecule has 39 heavy (non-hydrogen) atoms. The van der Waals surface area contributed by atoms with Gasteiger partial charge in [0.1, 0.15) is 18.2 Å². The van der Waals surface area contributed by atoms with Crippen molar-refractivity contribution in [2.24, 2.45) is 5.92 Å². The molecule has 3 aromatic carbocycles. The van der Waals surface area contributed by atoms with Crippen LogP contribution in [-0.4, -0.2) is 25.6 Å². The molecule has 0 spiro atoms. The Balaban J connectivity index is 1.33. The summed E-state index contributed by atoms with van der Waals surface area (Å²) in [5.41, 5.74) is 5.11. The molecule has 0 saturated heterocycles. The van der Waals surface area contributed by atoms with Crippen LogP contribution in [0.1, 0.15) is 54.2 Å². The number of nitriles is 1. The number of pyridine rings is 1. The second kappa shape index (κ2) is 10.6. The van der Waals surface area contributed by atoms with Crippen LogP contribution >= 0.6 is 0 Å². The molecule has 2 atom stereocenters. The highest BCUT2D eigenvalue weighted by molar-refractivity contribution is 5.79. The van der Waals surface area contributed by atoms with Crippen LogP contribution in [0.15, 0.2) is 78.9 Å². The van der Waals surface area contributed by atoms with Gasteiger partial charge in [0, 0.05) is 23.9 Å². The van der Waals surface area contributed by atoms with Crippen molar-refractivity contribution in [3.63, 3.8) is 0 Å². The number of nitrogens with zero attached hydrogens (tertiary/aromatic N) is 4. The van der Waals surface area contributed by atoms with Crippen LogP contribution in [-0.2, 0) is 17.9 Å². The van der Waals surface area contributed by atoms with Gasteiger partial charge in [0.25, 0.3) is 0 Å². The highest BCUT2D eigenvalue weighted by Gasteiger charge is 2.35. The van der Waals surface area contributed by atoms with Gasteiger partial charge in [-0.05, 0) is 54.8 Å². The zero-order valence-electron chi connectivity index (χ0n) is 21.5. The molecule has 0 amide bonds. The quantitative estimate of drug-likeness (QED) is 0.267. The molecule has 5 aromatic rings. The zero-order valence-corrected chi connectivity index (χ0v) is 21.5. The predicted octanol–water partition coefficient (Wildman–Crippen LogP) is 6.44. The van der Waals surface area contributed by atoms with Crippen LogP contribution < -0.4 is 4.74 Å². The Labute approximate surface area is 226 Å². The van der Waals surface area contributed by atoms with E-state index in [1.165, 1.54) is 0 Å². The normalized spacial score (nSPS) is 17.2. The van der Waals surface area contributed by atoms with Crippen molar-refractivity contribution in [1.29, 1.82) is 5.26 Å². The molecule has 1 N–H and O–H groups in total. The molecule has 2 aromatic heterocycles. The summed E-state index contributed by atoms with van der Waals surface area (Å²) in [5, 5.41) is 20.2. The fraction of sp³-hybridized carbons (Fsp3) is 0.250. The fourth-order valence-corrected chi connectivity index (χ4v) is 5.62. The van der Waals surface area contributed by atoms with Crippen molar-refractivity contribution >= 4 is 27.9 Å². The lowest BCUT2D eigenvalue weighted by molar-refractivity contribution is -0.143. The van der Waals surface area contributed by atoms with E-state index in [-0.39, 0.29) is 5.92 Å². The largest absolute Gasteiger partial charge is 0.487 e. The first-order chi connectivity index (χ1) is 19.1. The van der Waals surface area contributed by atoms with Crippen LogP contribution in [0.25, 0.3) is 21.9 Å². The lowest BCUT2D eigenvalue weighted by Crippen LogP contribution is -2.27. The molecule has 0 aliphatic heterocycles. The molecule has 1 fully saturated rings. The van der Waals surface area contributed by atoms with Gasteiger partial charge < -0.3 is 14.4 Å². The zero-order chi connectivity index (χ0) is 26.8. The van der Waals surface area contributed by atoms with Gasteiger partial charge in [-0.1, -0.05) is 49.2 Å². The molecule has 0 radical (unpaired) electrons. The van der Waals surface area contributed by atoms with Gasteiger partial charge >= 0.3 is 5.97 Å². The molecular weight excluding hydrogens is 488 g/mol. The Morgan fingerprint density at radius 1 is 0.974 bits per heavy atom. The van der Waals surface area contributed by atoms with Crippen LogP contribution in [0.4, 0.5) is 0 Å². The number of benzene rings is 3. The maximum absolute atomic E-state index is 12.2. The number of aromatic nitrogens is 3. The average molecular weight is 517 g/mol. The number of rotatable bonds is 7. The first-order valence-electron chi connectivity index (χ1n) is 13.3. The van der Waals surface area contributed by atoms with Crippen LogP contribution in [0.2, 0.25) is 0 Å². The lowest BCUT2D eigenvalue weighted by Gasteiger charge is -2.28. The number of para-hydroxylation sites is 1. The van der Waals surface area contributed by atoms with E-state index in [9.17, 15) is 15.2 Å². The topological polar surface area (TPSA) is 101 Å². The van der Waals surface area contributed by atoms with E-state index in [0.717, 1.165) is 58.3 Å². The van der Waals surface area contributed by atoms with Gasteiger partial charge in [-0.15, -0.1) is 0 Å². The number of ether oxygens (including phenoxy) is 1. The monoisotopic (exact) mass is 516 g/mol. The summed E-state index contributed by atoms with van der Waals surface area (Å²) < 4.78 is 8.25. The third kappa shape index (κ3) is 5.06. The highest BCUT2D eigenvalue weighted by atomic mass is 16.5. The highest BCUT2D eigenvalue weighted by Crippen LogP contribution is 2.39. The van der Waals surface area contributed by atoms with Crippen molar-refractivity contribution in [2.45, 2.75) is 44.8 Å². The molecule has 7 heteroatoms. The first kappa shape index (κ1) is 24.6. The Hall–Kier alpha value is -4.70. The number of carboxylic acids is 1. The Morgan fingerprint density at radius 3 is 2.62 bits per heavy atom. The Morgan fingerprint density at radius 2 is 1.79 bits per heavy atom. The van der Waals surface area contributed by atoms with Gasteiger partial charge in [0.2, 0.25) is 0 Å². The van der Waals surface area contributed by atoms with E-state index in [1.54, 1.807) is 0 Å². The summed E-state index contributed by atoms with van der Waals surface area (Å²) >= 11 is 0. The maximum atomic E-state index is 12.2. The summed E-state index contributed by atoms with van der Waals surface area (Å²) in [7, 11) is 0. The lowest BCUT2D eigenvalue weighted by atomic mass is 9.78. The van der Waals surface area contributed by atoms with Gasteiger partial charge in [-0.2, -0.15) is 5.26 Å². The van der Waals surface area contributed by atoms with E-state index in [4.69, 9.17) is 14.7 Å². The molecule has 194 valence electrons. The van der Waals surface area contributed by atoms with E-state index < -0.39 is 11.9 Å². The molecule has 0 bridgehead atoms. The summed E-state index contributed by atoms with van der Waals surface area (Å²) in [6.07, 6.45) is 3.36. The molecule has 2 unspecified atom stereocenters. The first-order valence-corrected chi connectivity index (χ1v) is 13.3. The van der Waals surface area contributed by atoms with Crippen molar-refractivity contribution in [2.75, 3.05) is 0 Å². The number of fused-ring (bicyclic) bond motifs is 2. The minimum Gasteiger partial charge on any atom is -0.487 e. The fourth-order valence-electron chi connectivity index (χ4n) is 5.62. The standard InChI is InChI=1S/C32H28N4O3/c33-18-21-9-11-22(12-10-21)19-36-30-16-15-25(39-20-24-14-13-23-5-1-4-8-28(23)34-24)17-29(30)35-31(36)26-6-2-3-7-27(26)32(37)38/h1,4-5,8-17,26-27H,2-3,6-7,19-20H2,(H,37,38). The minimum atomic E-state index is -0.761. The van der Waals surface area contributed by atoms with Gasteiger partial charge in [-0.3, -0.25) is 4.79 Å². The molecule has 2 heterocycles. The molecular formula is C32H28N4O3. The van der Waals surface area contributed by atoms with E-state index in [2.05, 4.69) is 10.6 Å². The third-order valence-electron chi connectivity index (χ3n) is 7.63. The van der Waals surface area contributed by atoms with Gasteiger partial charge in [0.15, 0.2) is 0 Å². The smallest absolute Gasteiger partial charge is 0.307 e. The Kier molecular flexibility index (Phi) is 6.68. The number of imidazole rings is 1. The number of hydrogen-bond donors (Lipinski definition) is 1. The second-order valence-corrected chi connectivity index (χ2v) is 10.1. The molecule has 1 aliphatic carbocycles. The number of aliphatic carboxylic acids is 1. The van der Waals surface area contributed by atoms with E-state index in [0.29, 0.717) is 30.9 Å². The predicted molar refractivity (Wildman–Crippen MR) is 148 cm³/mol. The van der Waals surface area contributed by atoms with Gasteiger partial charge in [-0.25, -0.2) is 9.97 Å². The molecule has 6 rings (SSSR count). The Bertz CT molecular complexity index is 1700. The van der Waals surface area contributed by atoms with Crippen molar-refractivity contribution in [1.82, 2.24) is 14.5 Å². The SMILES string of the molecule is N#Cc1ccc(Cn2c(C3CCCCC3C(=O)O)nc3cc(OCc4ccc5ccccc5n4)ccc32)cc1. The summed E-state index contributed by atoms with van der Waals surface area (Å²) in [6.45, 7) is 0.875. The number of hydrogen-bond acceptors (Lipinski definition) is 5. The minimum absolute atomic E-state index is 0.159. The number of carbonyl (C=O) groups is 1. The maximum Gasteiger partial charge on any atom is 0.307 e. The molecule has 1 aliphatic rings.